The zero-order valence-electron chi connectivity index (χ0n) is 8.14. The molecule has 3 N–H and O–H groups in total. The van der Waals surface area contributed by atoms with E-state index in [4.69, 9.17) is 5.73 Å². The molecule has 0 aromatic heterocycles. The van der Waals surface area contributed by atoms with Crippen LogP contribution in [0.15, 0.2) is 18.2 Å². The van der Waals surface area contributed by atoms with E-state index >= 15 is 0 Å². The summed E-state index contributed by atoms with van der Waals surface area (Å²) in [6.07, 6.45) is 1.07. The summed E-state index contributed by atoms with van der Waals surface area (Å²) in [7, 11) is 0. The molecule has 1 aliphatic rings. The molecule has 0 amide bonds. The Morgan fingerprint density at radius 2 is 2.36 bits per heavy atom. The molecule has 14 heavy (non-hydrogen) atoms. The highest BCUT2D eigenvalue weighted by atomic mass is 14.9. The van der Waals surface area contributed by atoms with Crippen LogP contribution in [0.25, 0.3) is 0 Å². The van der Waals surface area contributed by atoms with Gasteiger partial charge < -0.3 is 11.1 Å². The molecule has 2 rings (SSSR count). The van der Waals surface area contributed by atoms with E-state index in [1.807, 2.05) is 0 Å². The maximum atomic E-state index is 5.37. The van der Waals surface area contributed by atoms with Crippen LogP contribution in [0.4, 0.5) is 0 Å². The second kappa shape index (κ2) is 4.28. The monoisotopic (exact) mass is 186 g/mol. The van der Waals surface area contributed by atoms with Gasteiger partial charge in [-0.05, 0) is 30.2 Å². The largest absolute Gasteiger partial charge is 0.320 e. The van der Waals surface area contributed by atoms with Crippen molar-refractivity contribution in [1.29, 1.82) is 0 Å². The number of hydrogen-bond donors (Lipinski definition) is 2. The van der Waals surface area contributed by atoms with E-state index in [0.717, 1.165) is 25.1 Å². The minimum atomic E-state index is 0.432. The average Bonchev–Trinajstić information content (AvgIpc) is 2.26. The number of benzene rings is 1. The van der Waals surface area contributed by atoms with Crippen LogP contribution in [0, 0.1) is 11.8 Å². The SMILES string of the molecule is NCC#Cc1cccc2c1CCNC2. The smallest absolute Gasteiger partial charge is 0.0555 e. The van der Waals surface area contributed by atoms with E-state index in [1.165, 1.54) is 11.1 Å². The van der Waals surface area contributed by atoms with Gasteiger partial charge in [-0.3, -0.25) is 0 Å². The molecule has 72 valence electrons. The van der Waals surface area contributed by atoms with Gasteiger partial charge in [0.25, 0.3) is 0 Å². The van der Waals surface area contributed by atoms with Gasteiger partial charge in [0.1, 0.15) is 0 Å². The fourth-order valence-corrected chi connectivity index (χ4v) is 1.80. The Morgan fingerprint density at radius 1 is 1.43 bits per heavy atom. The first-order valence-corrected chi connectivity index (χ1v) is 4.92. The van der Waals surface area contributed by atoms with Crippen LogP contribution >= 0.6 is 0 Å². The van der Waals surface area contributed by atoms with Gasteiger partial charge in [0, 0.05) is 12.1 Å². The van der Waals surface area contributed by atoms with Crippen LogP contribution in [-0.4, -0.2) is 13.1 Å². The fraction of sp³-hybridized carbons (Fsp3) is 0.333. The van der Waals surface area contributed by atoms with Gasteiger partial charge in [0.2, 0.25) is 0 Å². The molecule has 0 saturated carbocycles. The van der Waals surface area contributed by atoms with Crippen molar-refractivity contribution in [3.63, 3.8) is 0 Å². The first kappa shape index (κ1) is 9.26. The lowest BCUT2D eigenvalue weighted by Gasteiger charge is -2.18. The average molecular weight is 186 g/mol. The van der Waals surface area contributed by atoms with Gasteiger partial charge in [-0.15, -0.1) is 0 Å². The van der Waals surface area contributed by atoms with E-state index in [2.05, 4.69) is 35.4 Å². The summed E-state index contributed by atoms with van der Waals surface area (Å²) in [4.78, 5) is 0. The first-order chi connectivity index (χ1) is 6.92. The van der Waals surface area contributed by atoms with Crippen molar-refractivity contribution in [2.45, 2.75) is 13.0 Å². The third-order valence-electron chi connectivity index (χ3n) is 2.47. The summed E-state index contributed by atoms with van der Waals surface area (Å²) in [6.45, 7) is 2.45. The number of fused-ring (bicyclic) bond motifs is 1. The van der Waals surface area contributed by atoms with Crippen molar-refractivity contribution >= 4 is 0 Å². The Bertz CT molecular complexity index is 385. The van der Waals surface area contributed by atoms with E-state index in [1.54, 1.807) is 0 Å². The summed E-state index contributed by atoms with van der Waals surface area (Å²) in [5.74, 6) is 6.04. The Labute approximate surface area is 84.5 Å². The zero-order valence-corrected chi connectivity index (χ0v) is 8.14. The normalized spacial score (nSPS) is 14.1. The Hall–Kier alpha value is -1.30. The van der Waals surface area contributed by atoms with Crippen LogP contribution in [0.2, 0.25) is 0 Å². The van der Waals surface area contributed by atoms with Crippen molar-refractivity contribution in [1.82, 2.24) is 5.32 Å². The lowest BCUT2D eigenvalue weighted by molar-refractivity contribution is 0.643. The third kappa shape index (κ3) is 1.79. The van der Waals surface area contributed by atoms with Crippen molar-refractivity contribution < 1.29 is 0 Å². The fourth-order valence-electron chi connectivity index (χ4n) is 1.80. The molecule has 2 nitrogen and oxygen atoms in total. The second-order valence-corrected chi connectivity index (χ2v) is 3.38. The molecule has 0 fully saturated rings. The number of nitrogens with one attached hydrogen (secondary N) is 1. The molecule has 1 aromatic rings. The minimum absolute atomic E-state index is 0.432. The predicted molar refractivity (Wildman–Crippen MR) is 57.8 cm³/mol. The number of nitrogens with two attached hydrogens (primary N) is 1. The van der Waals surface area contributed by atoms with Gasteiger partial charge in [0.15, 0.2) is 0 Å². The lowest BCUT2D eigenvalue weighted by atomic mass is 9.96. The second-order valence-electron chi connectivity index (χ2n) is 3.38. The third-order valence-corrected chi connectivity index (χ3v) is 2.47. The van der Waals surface area contributed by atoms with Crippen molar-refractivity contribution in [3.8, 4) is 11.8 Å². The highest BCUT2D eigenvalue weighted by Gasteiger charge is 2.10. The van der Waals surface area contributed by atoms with Gasteiger partial charge in [0.05, 0.1) is 6.54 Å². The molecule has 0 saturated heterocycles. The highest BCUT2D eigenvalue weighted by molar-refractivity contribution is 5.46. The van der Waals surface area contributed by atoms with Crippen LogP contribution in [0.1, 0.15) is 16.7 Å². The summed E-state index contributed by atoms with van der Waals surface area (Å²) >= 11 is 0. The number of rotatable bonds is 0. The van der Waals surface area contributed by atoms with Crippen LogP contribution in [-0.2, 0) is 13.0 Å². The van der Waals surface area contributed by atoms with Crippen molar-refractivity contribution in [2.24, 2.45) is 5.73 Å². The molecule has 1 aromatic carbocycles. The molecular formula is C12H14N2. The van der Waals surface area contributed by atoms with Crippen LogP contribution < -0.4 is 11.1 Å². The molecule has 0 atom stereocenters. The molecule has 0 spiro atoms. The summed E-state index contributed by atoms with van der Waals surface area (Å²) < 4.78 is 0. The van der Waals surface area contributed by atoms with E-state index < -0.39 is 0 Å². The van der Waals surface area contributed by atoms with Gasteiger partial charge in [-0.2, -0.15) is 0 Å². The molecule has 0 unspecified atom stereocenters. The summed E-state index contributed by atoms with van der Waals surface area (Å²) in [5.41, 5.74) is 9.28. The van der Waals surface area contributed by atoms with E-state index in [-0.39, 0.29) is 0 Å². The quantitative estimate of drug-likeness (QED) is 0.584. The summed E-state index contributed by atoms with van der Waals surface area (Å²) in [5, 5.41) is 3.35. The van der Waals surface area contributed by atoms with Crippen LogP contribution in [0.5, 0.6) is 0 Å². The Kier molecular flexibility index (Phi) is 2.83. The van der Waals surface area contributed by atoms with E-state index in [9.17, 15) is 0 Å². The molecule has 1 heterocycles. The lowest BCUT2D eigenvalue weighted by Crippen LogP contribution is -2.24. The van der Waals surface area contributed by atoms with Crippen molar-refractivity contribution in [2.75, 3.05) is 13.1 Å². The maximum Gasteiger partial charge on any atom is 0.0555 e. The standard InChI is InChI=1S/C12H14N2/c13-7-2-5-10-3-1-4-11-9-14-8-6-12(10)11/h1,3-4,14H,6-9,13H2. The predicted octanol–water partition coefficient (Wildman–Crippen LogP) is 0.642. The molecule has 0 bridgehead atoms. The van der Waals surface area contributed by atoms with E-state index in [0.29, 0.717) is 6.54 Å². The molecule has 0 radical (unpaired) electrons. The first-order valence-electron chi connectivity index (χ1n) is 4.92. The van der Waals surface area contributed by atoms with Gasteiger partial charge >= 0.3 is 0 Å². The molecule has 1 aliphatic heterocycles. The van der Waals surface area contributed by atoms with Crippen LogP contribution in [0.3, 0.4) is 0 Å². The maximum absolute atomic E-state index is 5.37. The Morgan fingerprint density at radius 3 is 3.21 bits per heavy atom. The number of hydrogen-bond acceptors (Lipinski definition) is 2. The molecule has 0 aliphatic carbocycles. The van der Waals surface area contributed by atoms with Gasteiger partial charge in [-0.1, -0.05) is 24.0 Å². The Balaban J connectivity index is 2.40. The summed E-state index contributed by atoms with van der Waals surface area (Å²) in [6, 6.07) is 6.30. The molecular weight excluding hydrogens is 172 g/mol. The van der Waals surface area contributed by atoms with Crippen molar-refractivity contribution in [3.05, 3.63) is 34.9 Å². The molecule has 2 heteroatoms. The highest BCUT2D eigenvalue weighted by Crippen LogP contribution is 2.17. The van der Waals surface area contributed by atoms with Gasteiger partial charge in [-0.25, -0.2) is 0 Å². The minimum Gasteiger partial charge on any atom is -0.320 e. The topological polar surface area (TPSA) is 38.0 Å². The zero-order chi connectivity index (χ0) is 9.80.